The number of nitrogen functional groups attached to an aromatic ring is 1. The Balaban J connectivity index is 2.72. The van der Waals surface area contributed by atoms with Crippen LogP contribution in [0.4, 0.5) is 5.82 Å². The van der Waals surface area contributed by atoms with Crippen molar-refractivity contribution in [3.63, 3.8) is 0 Å². The predicted molar refractivity (Wildman–Crippen MR) is 53.5 cm³/mol. The minimum absolute atomic E-state index is 0.443. The predicted octanol–water partition coefficient (Wildman–Crippen LogP) is 0.473. The Morgan fingerprint density at radius 1 is 1.64 bits per heavy atom. The number of ether oxygens (including phenoxy) is 1. The van der Waals surface area contributed by atoms with Gasteiger partial charge in [-0.3, -0.25) is 0 Å². The average molecular weight is 192 g/mol. The van der Waals surface area contributed by atoms with Gasteiger partial charge >= 0.3 is 0 Å². The molecule has 0 aliphatic heterocycles. The minimum atomic E-state index is 0.443. The number of nitrogens with zero attached hydrogens (tertiary/aromatic N) is 2. The zero-order valence-corrected chi connectivity index (χ0v) is 7.95. The van der Waals surface area contributed by atoms with Crippen LogP contribution in [0.1, 0.15) is 12.0 Å². The molecule has 3 N–H and O–H groups in total. The molecular formula is C9H12N4O. The molecule has 0 unspecified atom stereocenters. The smallest absolute Gasteiger partial charge is 0.221 e. The van der Waals surface area contributed by atoms with E-state index in [-0.39, 0.29) is 0 Å². The van der Waals surface area contributed by atoms with Crippen molar-refractivity contribution in [2.75, 3.05) is 12.0 Å². The van der Waals surface area contributed by atoms with E-state index in [1.165, 1.54) is 6.33 Å². The zero-order chi connectivity index (χ0) is 10.4. The van der Waals surface area contributed by atoms with Gasteiger partial charge in [0.1, 0.15) is 18.8 Å². The van der Waals surface area contributed by atoms with Gasteiger partial charge in [0.25, 0.3) is 0 Å². The third kappa shape index (κ3) is 2.34. The number of rotatable bonds is 4. The van der Waals surface area contributed by atoms with Crippen molar-refractivity contribution < 1.29 is 4.74 Å². The zero-order valence-electron chi connectivity index (χ0n) is 7.95. The summed E-state index contributed by atoms with van der Waals surface area (Å²) in [5.41, 5.74) is 3.23. The third-order valence-electron chi connectivity index (χ3n) is 1.66. The van der Waals surface area contributed by atoms with Crippen LogP contribution in [-0.2, 0) is 0 Å². The summed E-state index contributed by atoms with van der Waals surface area (Å²) in [5, 5.41) is 0. The summed E-state index contributed by atoms with van der Waals surface area (Å²) < 4.78 is 5.33. The molecule has 74 valence electrons. The summed E-state index contributed by atoms with van der Waals surface area (Å²) in [4.78, 5) is 7.88. The molecule has 0 aliphatic carbocycles. The summed E-state index contributed by atoms with van der Waals surface area (Å²) in [5.74, 6) is 8.78. The molecule has 0 fully saturated rings. The summed E-state index contributed by atoms with van der Waals surface area (Å²) in [6.45, 7) is 2.26. The van der Waals surface area contributed by atoms with Gasteiger partial charge in [-0.2, -0.15) is 0 Å². The normalized spacial score (nSPS) is 9.21. The van der Waals surface area contributed by atoms with E-state index in [0.717, 1.165) is 5.56 Å². The van der Waals surface area contributed by atoms with Crippen molar-refractivity contribution >= 4 is 5.82 Å². The van der Waals surface area contributed by atoms with E-state index in [9.17, 15) is 0 Å². The van der Waals surface area contributed by atoms with E-state index in [1.54, 1.807) is 0 Å². The number of hydrogen-bond acceptors (Lipinski definition) is 5. The van der Waals surface area contributed by atoms with E-state index in [2.05, 4.69) is 21.3 Å². The van der Waals surface area contributed by atoms with Crippen LogP contribution in [0.25, 0.3) is 0 Å². The molecule has 0 saturated heterocycles. The van der Waals surface area contributed by atoms with E-state index < -0.39 is 0 Å². The van der Waals surface area contributed by atoms with Crippen molar-refractivity contribution in [2.24, 2.45) is 5.84 Å². The molecule has 5 nitrogen and oxygen atoms in total. The number of hydrazine groups is 1. The fourth-order valence-corrected chi connectivity index (χ4v) is 0.932. The highest BCUT2D eigenvalue weighted by molar-refractivity contribution is 5.46. The topological polar surface area (TPSA) is 73.1 Å². The molecule has 1 rings (SSSR count). The van der Waals surface area contributed by atoms with Crippen LogP contribution >= 0.6 is 0 Å². The lowest BCUT2D eigenvalue weighted by Crippen LogP contribution is -2.11. The molecule has 0 saturated carbocycles. The standard InChI is InChI=1S/C9H12N4O/c1-3-4-5-14-9-7(2)8(13-10)11-6-12-9/h1,6H,4-5,10H2,2H3,(H,11,12,13). The van der Waals surface area contributed by atoms with E-state index in [1.807, 2.05) is 6.92 Å². The van der Waals surface area contributed by atoms with Gasteiger partial charge in [-0.25, -0.2) is 15.8 Å². The molecule has 0 bridgehead atoms. The fourth-order valence-electron chi connectivity index (χ4n) is 0.932. The van der Waals surface area contributed by atoms with Crippen molar-refractivity contribution in [2.45, 2.75) is 13.3 Å². The Bertz CT molecular complexity index is 345. The van der Waals surface area contributed by atoms with E-state index >= 15 is 0 Å². The molecule has 0 aliphatic rings. The first kappa shape index (κ1) is 10.3. The van der Waals surface area contributed by atoms with Crippen molar-refractivity contribution in [1.29, 1.82) is 0 Å². The summed E-state index contributed by atoms with van der Waals surface area (Å²) in [6.07, 6.45) is 7.02. The molecule has 0 aromatic carbocycles. The number of aromatic nitrogens is 2. The van der Waals surface area contributed by atoms with Crippen LogP contribution in [0.2, 0.25) is 0 Å². The Morgan fingerprint density at radius 2 is 2.43 bits per heavy atom. The highest BCUT2D eigenvalue weighted by Gasteiger charge is 2.05. The van der Waals surface area contributed by atoms with Gasteiger partial charge < -0.3 is 10.2 Å². The van der Waals surface area contributed by atoms with Gasteiger partial charge in [-0.05, 0) is 6.92 Å². The maximum absolute atomic E-state index is 5.33. The second kappa shape index (κ2) is 5.04. The first-order chi connectivity index (χ1) is 6.79. The van der Waals surface area contributed by atoms with Crippen LogP contribution in [0.5, 0.6) is 5.88 Å². The Morgan fingerprint density at radius 3 is 3.07 bits per heavy atom. The number of hydrogen-bond donors (Lipinski definition) is 2. The first-order valence-corrected chi connectivity index (χ1v) is 4.14. The Labute approximate surface area is 82.7 Å². The first-order valence-electron chi connectivity index (χ1n) is 4.14. The summed E-state index contributed by atoms with van der Waals surface area (Å²) >= 11 is 0. The van der Waals surface area contributed by atoms with Gasteiger partial charge in [-0.15, -0.1) is 12.3 Å². The molecule has 1 aromatic heterocycles. The van der Waals surface area contributed by atoms with Crippen molar-refractivity contribution in [3.8, 4) is 18.2 Å². The second-order valence-corrected chi connectivity index (χ2v) is 2.60. The highest BCUT2D eigenvalue weighted by Crippen LogP contribution is 2.19. The molecular weight excluding hydrogens is 180 g/mol. The van der Waals surface area contributed by atoms with Crippen LogP contribution in [0.15, 0.2) is 6.33 Å². The van der Waals surface area contributed by atoms with Crippen molar-refractivity contribution in [3.05, 3.63) is 11.9 Å². The van der Waals surface area contributed by atoms with Gasteiger partial charge in [0.05, 0.1) is 5.56 Å². The van der Waals surface area contributed by atoms with E-state index in [4.69, 9.17) is 17.0 Å². The Kier molecular flexibility index (Phi) is 3.70. The SMILES string of the molecule is C#CCCOc1ncnc(NN)c1C. The molecule has 0 spiro atoms. The number of anilines is 1. The van der Waals surface area contributed by atoms with Crippen LogP contribution in [-0.4, -0.2) is 16.6 Å². The lowest BCUT2D eigenvalue weighted by atomic mass is 10.3. The summed E-state index contributed by atoms with van der Waals surface area (Å²) in [6, 6.07) is 0. The van der Waals surface area contributed by atoms with Crippen LogP contribution in [0.3, 0.4) is 0 Å². The maximum atomic E-state index is 5.33. The van der Waals surface area contributed by atoms with Crippen LogP contribution in [0, 0.1) is 19.3 Å². The molecule has 14 heavy (non-hydrogen) atoms. The number of nitrogens with two attached hydrogens (primary N) is 1. The number of nitrogens with one attached hydrogen (secondary N) is 1. The van der Waals surface area contributed by atoms with Crippen molar-refractivity contribution in [1.82, 2.24) is 9.97 Å². The summed E-state index contributed by atoms with van der Waals surface area (Å²) in [7, 11) is 0. The highest BCUT2D eigenvalue weighted by atomic mass is 16.5. The maximum Gasteiger partial charge on any atom is 0.221 e. The number of terminal acetylenes is 1. The van der Waals surface area contributed by atoms with Gasteiger partial charge in [0.2, 0.25) is 5.88 Å². The molecule has 0 atom stereocenters. The largest absolute Gasteiger partial charge is 0.476 e. The van der Waals surface area contributed by atoms with Gasteiger partial charge in [0, 0.05) is 6.42 Å². The average Bonchev–Trinajstić information content (AvgIpc) is 2.21. The molecule has 1 heterocycles. The molecule has 5 heteroatoms. The third-order valence-corrected chi connectivity index (χ3v) is 1.66. The lowest BCUT2D eigenvalue weighted by Gasteiger charge is -2.08. The van der Waals surface area contributed by atoms with Crippen LogP contribution < -0.4 is 16.0 Å². The Hall–Kier alpha value is -1.80. The van der Waals surface area contributed by atoms with Gasteiger partial charge in [-0.1, -0.05) is 0 Å². The fraction of sp³-hybridized carbons (Fsp3) is 0.333. The van der Waals surface area contributed by atoms with Gasteiger partial charge in [0.15, 0.2) is 0 Å². The van der Waals surface area contributed by atoms with E-state index in [0.29, 0.717) is 24.7 Å². The minimum Gasteiger partial charge on any atom is -0.476 e. The quantitative estimate of drug-likeness (QED) is 0.314. The molecule has 0 amide bonds. The lowest BCUT2D eigenvalue weighted by molar-refractivity contribution is 0.311. The molecule has 0 radical (unpaired) electrons. The molecule has 1 aromatic rings. The second-order valence-electron chi connectivity index (χ2n) is 2.60. The monoisotopic (exact) mass is 192 g/mol.